The lowest BCUT2D eigenvalue weighted by Gasteiger charge is -2.27. The Morgan fingerprint density at radius 1 is 1.35 bits per heavy atom. The first-order chi connectivity index (χ1) is 11.8. The van der Waals surface area contributed by atoms with Crippen LogP contribution in [-0.2, 0) is 4.74 Å². The zero-order chi connectivity index (χ0) is 19.8. The Hall–Kier alpha value is -1.12. The SMILES string of the molecule is Cc1cc(Cl)ncc1C1=NC(C)(C(F)(F)F)CN1COCC[Si](C)(C)C. The standard InChI is InChI=1S/C17H25ClF3N3OSi/c1-12-8-14(18)22-9-13(12)15-23-16(2,17(19,20)21)10-24(15)11-25-6-7-26(3,4)5/h8-9H,6-7,10-11H2,1-5H3. The molecule has 0 saturated carbocycles. The Labute approximate surface area is 158 Å². The van der Waals surface area contributed by atoms with Gasteiger partial charge in [0.2, 0.25) is 0 Å². The number of rotatable bonds is 6. The van der Waals surface area contributed by atoms with Gasteiger partial charge in [0, 0.05) is 26.4 Å². The van der Waals surface area contributed by atoms with Gasteiger partial charge in [-0.25, -0.2) is 9.98 Å². The average molecular weight is 408 g/mol. The van der Waals surface area contributed by atoms with Crippen LogP contribution in [0.5, 0.6) is 0 Å². The van der Waals surface area contributed by atoms with Crippen molar-refractivity contribution < 1.29 is 17.9 Å². The van der Waals surface area contributed by atoms with Crippen molar-refractivity contribution in [2.45, 2.75) is 51.2 Å². The molecule has 1 atom stereocenters. The van der Waals surface area contributed by atoms with Crippen LogP contribution in [-0.4, -0.2) is 55.4 Å². The highest BCUT2D eigenvalue weighted by Crippen LogP contribution is 2.39. The van der Waals surface area contributed by atoms with E-state index in [4.69, 9.17) is 16.3 Å². The fourth-order valence-electron chi connectivity index (χ4n) is 2.59. The van der Waals surface area contributed by atoms with Crippen molar-refractivity contribution in [1.82, 2.24) is 9.88 Å². The molecule has 0 aliphatic carbocycles. The van der Waals surface area contributed by atoms with Crippen LogP contribution in [0.25, 0.3) is 0 Å². The van der Waals surface area contributed by atoms with Crippen molar-refractivity contribution in [3.05, 3.63) is 28.5 Å². The molecule has 0 amide bonds. The molecule has 0 fully saturated rings. The minimum Gasteiger partial charge on any atom is -0.361 e. The minimum absolute atomic E-state index is 0.0665. The first-order valence-corrected chi connectivity index (χ1v) is 12.5. The first-order valence-electron chi connectivity index (χ1n) is 8.44. The van der Waals surface area contributed by atoms with E-state index in [1.807, 2.05) is 0 Å². The predicted octanol–water partition coefficient (Wildman–Crippen LogP) is 4.74. The van der Waals surface area contributed by atoms with Crippen LogP contribution < -0.4 is 0 Å². The molecule has 0 spiro atoms. The Kier molecular flexibility index (Phi) is 6.09. The van der Waals surface area contributed by atoms with Crippen LogP contribution in [0, 0.1) is 6.92 Å². The Morgan fingerprint density at radius 3 is 2.54 bits per heavy atom. The van der Waals surface area contributed by atoms with Gasteiger partial charge in [-0.15, -0.1) is 0 Å². The molecule has 2 heterocycles. The second-order valence-corrected chi connectivity index (χ2v) is 14.1. The Balaban J connectivity index is 2.24. The van der Waals surface area contributed by atoms with Crippen LogP contribution in [0.1, 0.15) is 18.1 Å². The summed E-state index contributed by atoms with van der Waals surface area (Å²) in [5.41, 5.74) is -0.908. The summed E-state index contributed by atoms with van der Waals surface area (Å²) in [6.07, 6.45) is -2.98. The Bertz CT molecular complexity index is 691. The van der Waals surface area contributed by atoms with E-state index in [2.05, 4.69) is 29.6 Å². The number of aliphatic imine (C=N–C) groups is 1. The maximum atomic E-state index is 13.5. The molecule has 4 nitrogen and oxygen atoms in total. The summed E-state index contributed by atoms with van der Waals surface area (Å²) in [6, 6.07) is 2.57. The maximum Gasteiger partial charge on any atom is 0.415 e. The van der Waals surface area contributed by atoms with Gasteiger partial charge in [-0.05, 0) is 31.5 Å². The highest BCUT2D eigenvalue weighted by Gasteiger charge is 2.56. The van der Waals surface area contributed by atoms with E-state index >= 15 is 0 Å². The number of aryl methyl sites for hydroxylation is 1. The number of ether oxygens (including phenoxy) is 1. The molecule has 0 radical (unpaired) electrons. The summed E-state index contributed by atoms with van der Waals surface area (Å²) in [5, 5.41) is 0.293. The number of halogens is 4. The molecule has 0 saturated heterocycles. The third-order valence-corrected chi connectivity index (χ3v) is 6.23. The number of aromatic nitrogens is 1. The third-order valence-electron chi connectivity index (χ3n) is 4.32. The molecule has 146 valence electrons. The van der Waals surface area contributed by atoms with E-state index in [1.165, 1.54) is 11.1 Å². The van der Waals surface area contributed by atoms with Gasteiger partial charge in [0.25, 0.3) is 0 Å². The zero-order valence-corrected chi connectivity index (χ0v) is 17.5. The molecule has 1 unspecified atom stereocenters. The monoisotopic (exact) mass is 407 g/mol. The van der Waals surface area contributed by atoms with E-state index in [0.29, 0.717) is 17.3 Å². The summed E-state index contributed by atoms with van der Waals surface area (Å²) >= 11 is 5.87. The van der Waals surface area contributed by atoms with Gasteiger partial charge >= 0.3 is 6.18 Å². The van der Waals surface area contributed by atoms with E-state index in [1.54, 1.807) is 13.0 Å². The summed E-state index contributed by atoms with van der Waals surface area (Å²) in [7, 11) is -1.27. The van der Waals surface area contributed by atoms with Gasteiger partial charge < -0.3 is 9.64 Å². The van der Waals surface area contributed by atoms with E-state index in [9.17, 15) is 13.2 Å². The summed E-state index contributed by atoms with van der Waals surface area (Å²) in [5.74, 6) is 0.250. The lowest BCUT2D eigenvalue weighted by atomic mass is 10.0. The van der Waals surface area contributed by atoms with Crippen molar-refractivity contribution in [2.75, 3.05) is 19.9 Å². The summed E-state index contributed by atoms with van der Waals surface area (Å²) in [4.78, 5) is 9.56. The number of amidine groups is 1. The Morgan fingerprint density at radius 2 is 2.00 bits per heavy atom. The molecule has 1 aromatic heterocycles. The molecular formula is C17H25ClF3N3OSi. The van der Waals surface area contributed by atoms with Gasteiger partial charge in [-0.2, -0.15) is 13.2 Å². The second kappa shape index (κ2) is 7.48. The van der Waals surface area contributed by atoms with Gasteiger partial charge in [0.05, 0.1) is 6.54 Å². The fraction of sp³-hybridized carbons (Fsp3) is 0.647. The molecule has 0 aromatic carbocycles. The van der Waals surface area contributed by atoms with Gasteiger partial charge in [-0.1, -0.05) is 31.2 Å². The number of hydrogen-bond acceptors (Lipinski definition) is 4. The van der Waals surface area contributed by atoms with Crippen molar-refractivity contribution in [3.63, 3.8) is 0 Å². The molecule has 0 bridgehead atoms. The van der Waals surface area contributed by atoms with Crippen LogP contribution in [0.15, 0.2) is 17.3 Å². The van der Waals surface area contributed by atoms with Gasteiger partial charge in [0.1, 0.15) is 17.7 Å². The molecule has 1 aromatic rings. The van der Waals surface area contributed by atoms with Gasteiger partial charge in [0.15, 0.2) is 5.54 Å². The first kappa shape index (κ1) is 21.2. The molecule has 1 aliphatic heterocycles. The molecule has 1 aliphatic rings. The summed E-state index contributed by atoms with van der Waals surface area (Å²) in [6.45, 7) is 9.87. The number of alkyl halides is 3. The highest BCUT2D eigenvalue weighted by atomic mass is 35.5. The van der Waals surface area contributed by atoms with Crippen molar-refractivity contribution >= 4 is 25.5 Å². The smallest absolute Gasteiger partial charge is 0.361 e. The molecular weight excluding hydrogens is 383 g/mol. The van der Waals surface area contributed by atoms with Crippen LogP contribution >= 0.6 is 11.6 Å². The van der Waals surface area contributed by atoms with Crippen molar-refractivity contribution in [3.8, 4) is 0 Å². The molecule has 9 heteroatoms. The minimum atomic E-state index is -4.45. The van der Waals surface area contributed by atoms with Crippen LogP contribution in [0.4, 0.5) is 13.2 Å². The molecule has 26 heavy (non-hydrogen) atoms. The predicted molar refractivity (Wildman–Crippen MR) is 101 cm³/mol. The largest absolute Gasteiger partial charge is 0.415 e. The maximum absolute atomic E-state index is 13.5. The van der Waals surface area contributed by atoms with E-state index in [0.717, 1.165) is 18.5 Å². The van der Waals surface area contributed by atoms with E-state index < -0.39 is 19.8 Å². The van der Waals surface area contributed by atoms with Crippen LogP contribution in [0.2, 0.25) is 30.8 Å². The molecule has 2 rings (SSSR count). The number of hydrogen-bond donors (Lipinski definition) is 0. The average Bonchev–Trinajstić information content (AvgIpc) is 2.80. The lowest BCUT2D eigenvalue weighted by molar-refractivity contribution is -0.179. The molecule has 0 N–H and O–H groups in total. The normalized spacial score (nSPS) is 21.3. The second-order valence-electron chi connectivity index (χ2n) is 8.07. The lowest BCUT2D eigenvalue weighted by Crippen LogP contribution is -2.45. The van der Waals surface area contributed by atoms with Crippen LogP contribution in [0.3, 0.4) is 0 Å². The van der Waals surface area contributed by atoms with Gasteiger partial charge in [-0.3, -0.25) is 0 Å². The summed E-state index contributed by atoms with van der Waals surface area (Å²) < 4.78 is 46.2. The third kappa shape index (κ3) is 4.98. The van der Waals surface area contributed by atoms with Crippen molar-refractivity contribution in [2.24, 2.45) is 4.99 Å². The zero-order valence-electron chi connectivity index (χ0n) is 15.7. The fourth-order valence-corrected chi connectivity index (χ4v) is 3.55. The topological polar surface area (TPSA) is 37.7 Å². The quantitative estimate of drug-likeness (QED) is 0.388. The van der Waals surface area contributed by atoms with Crippen molar-refractivity contribution in [1.29, 1.82) is 0 Å². The number of nitrogens with zero attached hydrogens (tertiary/aromatic N) is 3. The highest BCUT2D eigenvalue weighted by molar-refractivity contribution is 6.76. The van der Waals surface area contributed by atoms with E-state index in [-0.39, 0.29) is 19.1 Å². The number of pyridine rings is 1.